The largest absolute Gasteiger partial charge is 0.476 e. The van der Waals surface area contributed by atoms with Gasteiger partial charge in [-0.2, -0.15) is 0 Å². The quantitative estimate of drug-likeness (QED) is 0.552. The number of rotatable bonds is 8. The Kier molecular flexibility index (Phi) is 3.93. The molecule has 1 aliphatic rings. The number of hydrogen-bond donors (Lipinski definition) is 3. The van der Waals surface area contributed by atoms with Crippen molar-refractivity contribution in [1.82, 2.24) is 20.3 Å². The number of aliphatic hydroxyl groups excluding tert-OH is 1. The van der Waals surface area contributed by atoms with Crippen molar-refractivity contribution in [2.24, 2.45) is 5.41 Å². The van der Waals surface area contributed by atoms with Crippen molar-refractivity contribution in [3.8, 4) is 0 Å². The molecule has 2 rings (SSSR count). The van der Waals surface area contributed by atoms with Gasteiger partial charge in [-0.05, 0) is 24.7 Å². The van der Waals surface area contributed by atoms with Crippen molar-refractivity contribution in [3.63, 3.8) is 0 Å². The fourth-order valence-electron chi connectivity index (χ4n) is 1.98. The molecule has 1 aromatic heterocycles. The molecule has 1 aliphatic carbocycles. The van der Waals surface area contributed by atoms with E-state index in [1.807, 2.05) is 0 Å². The Morgan fingerprint density at radius 3 is 2.89 bits per heavy atom. The van der Waals surface area contributed by atoms with Crippen LogP contribution >= 0.6 is 0 Å². The average molecular weight is 254 g/mol. The first-order valence-electron chi connectivity index (χ1n) is 6.10. The van der Waals surface area contributed by atoms with Gasteiger partial charge in [-0.25, -0.2) is 4.79 Å². The number of aromatic nitrogens is 3. The lowest BCUT2D eigenvalue weighted by Gasteiger charge is -2.14. The van der Waals surface area contributed by atoms with Gasteiger partial charge in [-0.3, -0.25) is 4.68 Å². The summed E-state index contributed by atoms with van der Waals surface area (Å²) in [4.78, 5) is 10.6. The van der Waals surface area contributed by atoms with Crippen LogP contribution in [0.3, 0.4) is 0 Å². The van der Waals surface area contributed by atoms with E-state index in [0.717, 1.165) is 19.5 Å². The summed E-state index contributed by atoms with van der Waals surface area (Å²) < 4.78 is 1.52. The molecule has 100 valence electrons. The first-order valence-corrected chi connectivity index (χ1v) is 6.10. The van der Waals surface area contributed by atoms with Crippen LogP contribution in [0, 0.1) is 5.41 Å². The van der Waals surface area contributed by atoms with Crippen LogP contribution in [-0.4, -0.2) is 50.9 Å². The van der Waals surface area contributed by atoms with Crippen molar-refractivity contribution >= 4 is 5.97 Å². The molecule has 0 atom stereocenters. The predicted octanol–water partition coefficient (Wildman–Crippen LogP) is -0.272. The molecule has 7 heteroatoms. The van der Waals surface area contributed by atoms with E-state index in [9.17, 15) is 4.79 Å². The number of aliphatic hydroxyl groups is 1. The first-order chi connectivity index (χ1) is 8.65. The molecule has 1 saturated carbocycles. The van der Waals surface area contributed by atoms with Crippen LogP contribution < -0.4 is 5.32 Å². The van der Waals surface area contributed by atoms with E-state index >= 15 is 0 Å². The summed E-state index contributed by atoms with van der Waals surface area (Å²) in [5.74, 6) is -1.06. The van der Waals surface area contributed by atoms with Gasteiger partial charge in [0.05, 0.1) is 12.7 Å². The molecular formula is C11H18N4O3. The van der Waals surface area contributed by atoms with Gasteiger partial charge in [0.2, 0.25) is 0 Å². The summed E-state index contributed by atoms with van der Waals surface area (Å²) in [7, 11) is 0. The SMILES string of the molecule is O=C(O)c1cn(CCNCC2(CCO)CC2)nn1. The van der Waals surface area contributed by atoms with Gasteiger partial charge in [-0.15, -0.1) is 5.10 Å². The van der Waals surface area contributed by atoms with Crippen molar-refractivity contribution in [2.75, 3.05) is 19.7 Å². The maximum absolute atomic E-state index is 10.6. The monoisotopic (exact) mass is 254 g/mol. The highest BCUT2D eigenvalue weighted by molar-refractivity contribution is 5.84. The van der Waals surface area contributed by atoms with E-state index in [4.69, 9.17) is 10.2 Å². The molecule has 1 aromatic rings. The molecule has 18 heavy (non-hydrogen) atoms. The smallest absolute Gasteiger partial charge is 0.358 e. The predicted molar refractivity (Wildman–Crippen MR) is 63.2 cm³/mol. The van der Waals surface area contributed by atoms with Gasteiger partial charge in [0, 0.05) is 19.7 Å². The minimum Gasteiger partial charge on any atom is -0.476 e. The number of hydrogen-bond acceptors (Lipinski definition) is 5. The molecular weight excluding hydrogens is 236 g/mol. The van der Waals surface area contributed by atoms with Gasteiger partial charge >= 0.3 is 5.97 Å². The lowest BCUT2D eigenvalue weighted by Crippen LogP contribution is -2.28. The normalized spacial score (nSPS) is 16.7. The van der Waals surface area contributed by atoms with E-state index in [-0.39, 0.29) is 12.3 Å². The summed E-state index contributed by atoms with van der Waals surface area (Å²) in [5.41, 5.74) is 0.262. The second kappa shape index (κ2) is 5.45. The molecule has 7 nitrogen and oxygen atoms in total. The summed E-state index contributed by atoms with van der Waals surface area (Å²) in [6, 6.07) is 0. The lowest BCUT2D eigenvalue weighted by molar-refractivity contribution is 0.0690. The molecule has 0 unspecified atom stereocenters. The molecule has 0 aromatic carbocycles. The highest BCUT2D eigenvalue weighted by Crippen LogP contribution is 2.47. The van der Waals surface area contributed by atoms with Gasteiger partial charge in [-0.1, -0.05) is 5.21 Å². The standard InChI is InChI=1S/C11H18N4O3/c16-6-3-11(1-2-11)8-12-4-5-15-7-9(10(17)18)13-14-15/h7,12,16H,1-6,8H2,(H,17,18). The van der Waals surface area contributed by atoms with Gasteiger partial charge in [0.15, 0.2) is 5.69 Å². The molecule has 1 fully saturated rings. The maximum atomic E-state index is 10.6. The Balaban J connectivity index is 1.67. The molecule has 3 N–H and O–H groups in total. The topological polar surface area (TPSA) is 100 Å². The Morgan fingerprint density at radius 2 is 2.33 bits per heavy atom. The zero-order valence-corrected chi connectivity index (χ0v) is 10.2. The third-order valence-electron chi connectivity index (χ3n) is 3.37. The molecule has 0 spiro atoms. The molecule has 0 aliphatic heterocycles. The Labute approximate surface area is 105 Å². The first kappa shape index (κ1) is 13.0. The van der Waals surface area contributed by atoms with Crippen LogP contribution in [0.5, 0.6) is 0 Å². The second-order valence-corrected chi connectivity index (χ2v) is 4.82. The number of nitrogens with zero attached hydrogens (tertiary/aromatic N) is 3. The number of carbonyl (C=O) groups is 1. The minimum atomic E-state index is -1.06. The van der Waals surface area contributed by atoms with Crippen LogP contribution in [0.1, 0.15) is 29.8 Å². The number of nitrogens with one attached hydrogen (secondary N) is 1. The third-order valence-corrected chi connectivity index (χ3v) is 3.37. The third kappa shape index (κ3) is 3.27. The van der Waals surface area contributed by atoms with Crippen LogP contribution in [-0.2, 0) is 6.54 Å². The maximum Gasteiger partial charge on any atom is 0.358 e. The fraction of sp³-hybridized carbons (Fsp3) is 0.727. The summed E-state index contributed by atoms with van der Waals surface area (Å²) in [6.45, 7) is 2.45. The van der Waals surface area contributed by atoms with E-state index in [0.29, 0.717) is 12.0 Å². The molecule has 0 bridgehead atoms. The van der Waals surface area contributed by atoms with Crippen molar-refractivity contribution in [2.45, 2.75) is 25.8 Å². The summed E-state index contributed by atoms with van der Waals surface area (Å²) >= 11 is 0. The zero-order chi connectivity index (χ0) is 13.0. The van der Waals surface area contributed by atoms with E-state index in [1.54, 1.807) is 0 Å². The van der Waals surface area contributed by atoms with E-state index in [2.05, 4.69) is 15.6 Å². The van der Waals surface area contributed by atoms with E-state index in [1.165, 1.54) is 23.7 Å². The van der Waals surface area contributed by atoms with Crippen LogP contribution in [0.2, 0.25) is 0 Å². The van der Waals surface area contributed by atoms with Crippen molar-refractivity contribution < 1.29 is 15.0 Å². The fourth-order valence-corrected chi connectivity index (χ4v) is 1.98. The highest BCUT2D eigenvalue weighted by Gasteiger charge is 2.41. The number of carboxylic acids is 1. The molecule has 1 heterocycles. The molecule has 0 saturated heterocycles. The zero-order valence-electron chi connectivity index (χ0n) is 10.2. The highest BCUT2D eigenvalue weighted by atomic mass is 16.4. The lowest BCUT2D eigenvalue weighted by atomic mass is 10.0. The second-order valence-electron chi connectivity index (χ2n) is 4.82. The number of carboxylic acid groups (broad SMARTS) is 1. The van der Waals surface area contributed by atoms with Gasteiger partial charge in [0.1, 0.15) is 0 Å². The van der Waals surface area contributed by atoms with Crippen LogP contribution in [0.25, 0.3) is 0 Å². The Bertz CT molecular complexity index is 414. The Hall–Kier alpha value is -1.47. The van der Waals surface area contributed by atoms with Gasteiger partial charge in [0.25, 0.3) is 0 Å². The molecule has 0 radical (unpaired) electrons. The van der Waals surface area contributed by atoms with Gasteiger partial charge < -0.3 is 15.5 Å². The Morgan fingerprint density at radius 1 is 1.56 bits per heavy atom. The average Bonchev–Trinajstić information content (AvgIpc) is 2.92. The number of aromatic carboxylic acids is 1. The summed E-state index contributed by atoms with van der Waals surface area (Å²) in [5, 5.41) is 28.2. The van der Waals surface area contributed by atoms with E-state index < -0.39 is 5.97 Å². The summed E-state index contributed by atoms with van der Waals surface area (Å²) in [6.07, 6.45) is 4.62. The van der Waals surface area contributed by atoms with Crippen molar-refractivity contribution in [3.05, 3.63) is 11.9 Å². The van der Waals surface area contributed by atoms with Crippen molar-refractivity contribution in [1.29, 1.82) is 0 Å². The minimum absolute atomic E-state index is 0.0334. The molecule has 0 amide bonds. The van der Waals surface area contributed by atoms with Crippen LogP contribution in [0.15, 0.2) is 6.20 Å². The van der Waals surface area contributed by atoms with Crippen LogP contribution in [0.4, 0.5) is 0 Å².